The molecule has 0 fully saturated rings. The Bertz CT molecular complexity index is 709. The Morgan fingerprint density at radius 1 is 0.784 bits per heavy atom. The third-order valence-electron chi connectivity index (χ3n) is 3.66. The Morgan fingerprint density at radius 2 is 1.19 bits per heavy atom. The minimum absolute atomic E-state index is 0.0213. The van der Waals surface area contributed by atoms with Gasteiger partial charge in [-0.25, -0.2) is 0 Å². The van der Waals surface area contributed by atoms with Crippen LogP contribution in [0.2, 0.25) is 0 Å². The number of carbonyl (C=O) groups excluding carboxylic acids is 1. The SMILES string of the molecule is CC(O)C(N)C(=O)O.N=C(N)NCCCC(N)C(=O)O.NC(=O)CCC(N)C(=O)O.NC(CO)C(=O)O. The number of carbonyl (C=O) groups is 5. The highest BCUT2D eigenvalue weighted by molar-refractivity contribution is 5.77. The molecule has 19 nitrogen and oxygen atoms in total. The molecule has 0 aromatic carbocycles. The first-order valence-corrected chi connectivity index (χ1v) is 10.4. The molecule has 0 aliphatic heterocycles. The smallest absolute Gasteiger partial charge is 0.323 e. The predicted octanol–water partition coefficient (Wildman–Crippen LogP) is -5.50. The summed E-state index contributed by atoms with van der Waals surface area (Å²) < 4.78 is 0. The third kappa shape index (κ3) is 32.4. The van der Waals surface area contributed by atoms with E-state index in [4.69, 9.17) is 70.5 Å². The van der Waals surface area contributed by atoms with Crippen molar-refractivity contribution in [3.63, 3.8) is 0 Å². The molecule has 0 bridgehead atoms. The second-order valence-corrected chi connectivity index (χ2v) is 7.11. The van der Waals surface area contributed by atoms with E-state index in [1.165, 1.54) is 6.92 Å². The quantitative estimate of drug-likeness (QED) is 0.0583. The molecule has 37 heavy (non-hydrogen) atoms. The summed E-state index contributed by atoms with van der Waals surface area (Å²) in [5.74, 6) is -5.11. The van der Waals surface area contributed by atoms with Crippen molar-refractivity contribution in [1.29, 1.82) is 5.41 Å². The molecule has 19 heteroatoms. The molecule has 0 saturated carbocycles. The molecule has 5 unspecified atom stereocenters. The van der Waals surface area contributed by atoms with Gasteiger partial charge in [-0.2, -0.15) is 0 Å². The molecule has 0 aliphatic rings. The number of primary amides is 1. The number of hydrogen-bond donors (Lipinski definition) is 14. The molecule has 218 valence electrons. The molecule has 1 amide bonds. The van der Waals surface area contributed by atoms with Gasteiger partial charge in [-0.15, -0.1) is 0 Å². The van der Waals surface area contributed by atoms with Crippen LogP contribution >= 0.6 is 0 Å². The van der Waals surface area contributed by atoms with Gasteiger partial charge in [0.05, 0.1) is 12.7 Å². The molecular formula is C18H40N8O11. The number of carboxylic acid groups (broad SMARTS) is 4. The van der Waals surface area contributed by atoms with E-state index in [0.29, 0.717) is 19.4 Å². The fraction of sp³-hybridized carbons (Fsp3) is 0.667. The fourth-order valence-corrected chi connectivity index (χ4v) is 1.37. The minimum Gasteiger partial charge on any atom is -0.480 e. The van der Waals surface area contributed by atoms with Crippen LogP contribution in [0.15, 0.2) is 0 Å². The van der Waals surface area contributed by atoms with E-state index in [2.05, 4.69) is 5.32 Å². The molecule has 20 N–H and O–H groups in total. The number of aliphatic hydroxyl groups excluding tert-OH is 2. The number of aliphatic carboxylic acids is 4. The van der Waals surface area contributed by atoms with E-state index in [-0.39, 0.29) is 18.8 Å². The molecule has 0 saturated heterocycles. The van der Waals surface area contributed by atoms with Gasteiger partial charge < -0.3 is 70.4 Å². The molecule has 0 spiro atoms. The number of carboxylic acids is 4. The van der Waals surface area contributed by atoms with Gasteiger partial charge in [0.1, 0.15) is 24.2 Å². The zero-order valence-electron chi connectivity index (χ0n) is 20.3. The summed E-state index contributed by atoms with van der Waals surface area (Å²) in [7, 11) is 0. The van der Waals surface area contributed by atoms with Crippen molar-refractivity contribution < 1.29 is 54.6 Å². The molecule has 0 aromatic rings. The largest absolute Gasteiger partial charge is 0.480 e. The Morgan fingerprint density at radius 3 is 1.41 bits per heavy atom. The summed E-state index contributed by atoms with van der Waals surface area (Å²) in [5, 5.41) is 58.4. The van der Waals surface area contributed by atoms with Gasteiger partial charge in [0, 0.05) is 13.0 Å². The average molecular weight is 545 g/mol. The van der Waals surface area contributed by atoms with Crippen LogP contribution in [-0.4, -0.2) is 110 Å². The first kappa shape index (κ1) is 40.5. The van der Waals surface area contributed by atoms with Gasteiger partial charge in [-0.3, -0.25) is 29.4 Å². The van der Waals surface area contributed by atoms with Crippen LogP contribution in [0.4, 0.5) is 0 Å². The van der Waals surface area contributed by atoms with Gasteiger partial charge in [-0.1, -0.05) is 0 Å². The Hall–Kier alpha value is -3.62. The number of guanidine groups is 1. The van der Waals surface area contributed by atoms with Crippen LogP contribution in [0, 0.1) is 5.41 Å². The maximum atomic E-state index is 10.2. The second-order valence-electron chi connectivity index (χ2n) is 7.11. The van der Waals surface area contributed by atoms with Crippen molar-refractivity contribution in [3.8, 4) is 0 Å². The van der Waals surface area contributed by atoms with Gasteiger partial charge in [-0.05, 0) is 26.2 Å². The van der Waals surface area contributed by atoms with E-state index in [9.17, 15) is 24.0 Å². The molecule has 0 rings (SSSR count). The Balaban J connectivity index is -0.000000200. The van der Waals surface area contributed by atoms with Gasteiger partial charge in [0.25, 0.3) is 0 Å². The number of aliphatic hydroxyl groups is 2. The number of rotatable bonds is 13. The standard InChI is InChI=1S/C6H14N4O2.C5H10N2O3.C4H9NO3.C3H7NO3/c7-4(5(11)12)2-1-3-10-6(8)9;6-3(5(9)10)1-2-4(7)8;1-2(6)3(5)4(7)8;4-2(1-5)3(6)7/h4H,1-3,7H2,(H,11,12)(H4,8,9,10);3H,1-2,6H2,(H2,7,8)(H,9,10);2-3,6H,5H2,1H3,(H,7,8);2,5H,1,4H2,(H,6,7). The first-order valence-electron chi connectivity index (χ1n) is 10.4. The second kappa shape index (κ2) is 24.1. The summed E-state index contributed by atoms with van der Waals surface area (Å²) in [4.78, 5) is 49.9. The van der Waals surface area contributed by atoms with E-state index in [1.54, 1.807) is 0 Å². The molecule has 0 radical (unpaired) electrons. The van der Waals surface area contributed by atoms with E-state index >= 15 is 0 Å². The normalized spacial score (nSPS) is 13.6. The summed E-state index contributed by atoms with van der Waals surface area (Å²) in [6.45, 7) is 1.31. The fourth-order valence-electron chi connectivity index (χ4n) is 1.37. The highest BCUT2D eigenvalue weighted by Gasteiger charge is 2.16. The maximum Gasteiger partial charge on any atom is 0.323 e. The van der Waals surface area contributed by atoms with Crippen molar-refractivity contribution in [2.75, 3.05) is 13.2 Å². The predicted molar refractivity (Wildman–Crippen MR) is 129 cm³/mol. The Kier molecular flexibility index (Phi) is 26.4. The van der Waals surface area contributed by atoms with Crippen molar-refractivity contribution >= 4 is 35.7 Å². The summed E-state index contributed by atoms with van der Waals surface area (Å²) >= 11 is 0. The highest BCUT2D eigenvalue weighted by atomic mass is 16.4. The number of nitrogens with two attached hydrogens (primary N) is 6. The molecule has 0 heterocycles. The summed E-state index contributed by atoms with van der Waals surface area (Å²) in [5.41, 5.74) is 29.7. The van der Waals surface area contributed by atoms with Crippen LogP contribution in [-0.2, 0) is 24.0 Å². The zero-order valence-corrected chi connectivity index (χ0v) is 20.3. The maximum absolute atomic E-state index is 10.2. The number of nitrogens with one attached hydrogen (secondary N) is 2. The van der Waals surface area contributed by atoms with Gasteiger partial charge in [0.2, 0.25) is 5.91 Å². The van der Waals surface area contributed by atoms with Gasteiger partial charge in [0.15, 0.2) is 5.96 Å². The van der Waals surface area contributed by atoms with Crippen molar-refractivity contribution in [1.82, 2.24) is 5.32 Å². The summed E-state index contributed by atoms with van der Waals surface area (Å²) in [6, 6.07) is -4.08. The third-order valence-corrected chi connectivity index (χ3v) is 3.66. The van der Waals surface area contributed by atoms with Crippen molar-refractivity contribution in [2.45, 2.75) is 62.9 Å². The molecule has 0 aromatic heterocycles. The zero-order chi connectivity index (χ0) is 30.3. The number of amides is 1. The number of hydrogen-bond acceptors (Lipinski definition) is 12. The lowest BCUT2D eigenvalue weighted by Crippen LogP contribution is -2.39. The molecule has 0 aliphatic carbocycles. The van der Waals surface area contributed by atoms with Crippen LogP contribution in [0.3, 0.4) is 0 Å². The highest BCUT2D eigenvalue weighted by Crippen LogP contribution is 1.93. The summed E-state index contributed by atoms with van der Waals surface area (Å²) in [6.07, 6.45) is 0.119. The van der Waals surface area contributed by atoms with Crippen LogP contribution in [0.25, 0.3) is 0 Å². The van der Waals surface area contributed by atoms with Crippen molar-refractivity contribution in [3.05, 3.63) is 0 Å². The van der Waals surface area contributed by atoms with Crippen LogP contribution in [0.1, 0.15) is 32.6 Å². The van der Waals surface area contributed by atoms with E-state index in [1.807, 2.05) is 0 Å². The Labute approximate surface area is 212 Å². The van der Waals surface area contributed by atoms with Gasteiger partial charge >= 0.3 is 23.9 Å². The lowest BCUT2D eigenvalue weighted by atomic mass is 10.2. The average Bonchev–Trinajstić information content (AvgIpc) is 2.79. The van der Waals surface area contributed by atoms with E-state index < -0.39 is 66.7 Å². The van der Waals surface area contributed by atoms with E-state index in [0.717, 1.165) is 0 Å². The lowest BCUT2D eigenvalue weighted by Gasteiger charge is -2.06. The van der Waals surface area contributed by atoms with Crippen molar-refractivity contribution in [2.24, 2.45) is 34.4 Å². The first-order chi connectivity index (χ1) is 16.8. The molecular weight excluding hydrogens is 504 g/mol. The topological polar surface area (TPSA) is 399 Å². The monoisotopic (exact) mass is 544 g/mol. The van der Waals surface area contributed by atoms with Crippen LogP contribution in [0.5, 0.6) is 0 Å². The van der Waals surface area contributed by atoms with Crippen LogP contribution < -0.4 is 39.7 Å². The minimum atomic E-state index is -1.18. The molecule has 5 atom stereocenters. The lowest BCUT2D eigenvalue weighted by molar-refractivity contribution is -0.141.